The van der Waals surface area contributed by atoms with Crippen LogP contribution in [0.5, 0.6) is 5.75 Å². The molecule has 0 aliphatic carbocycles. The van der Waals surface area contributed by atoms with Crippen LogP contribution in [-0.2, 0) is 14.2 Å². The van der Waals surface area contributed by atoms with Gasteiger partial charge in [-0.05, 0) is 31.2 Å². The van der Waals surface area contributed by atoms with E-state index in [1.807, 2.05) is 6.92 Å². The van der Waals surface area contributed by atoms with E-state index in [2.05, 4.69) is 6.92 Å². The predicted octanol–water partition coefficient (Wildman–Crippen LogP) is 2.05. The van der Waals surface area contributed by atoms with Crippen molar-refractivity contribution in [2.45, 2.75) is 19.4 Å². The monoisotopic (exact) mass is 292 g/mol. The highest BCUT2D eigenvalue weighted by molar-refractivity contribution is 5.89. The third kappa shape index (κ3) is 3.19. The van der Waals surface area contributed by atoms with Gasteiger partial charge in [0.05, 0.1) is 38.6 Å². The minimum absolute atomic E-state index is 0.108. The fourth-order valence-corrected chi connectivity index (χ4v) is 2.21. The summed E-state index contributed by atoms with van der Waals surface area (Å²) in [6, 6.07) is 7.03. The first-order chi connectivity index (χ1) is 9.98. The molecular formula is C16H20O5. The van der Waals surface area contributed by atoms with Crippen molar-refractivity contribution in [3.63, 3.8) is 0 Å². The molecule has 0 bridgehead atoms. The molecule has 1 aromatic carbocycles. The van der Waals surface area contributed by atoms with Gasteiger partial charge in [-0.15, -0.1) is 0 Å². The van der Waals surface area contributed by atoms with Crippen molar-refractivity contribution in [1.82, 2.24) is 0 Å². The van der Waals surface area contributed by atoms with Gasteiger partial charge < -0.3 is 18.9 Å². The second-order valence-electron chi connectivity index (χ2n) is 6.45. The van der Waals surface area contributed by atoms with Gasteiger partial charge in [0.2, 0.25) is 0 Å². The summed E-state index contributed by atoms with van der Waals surface area (Å²) in [6.07, 6.45) is 0. The molecular weight excluding hydrogens is 272 g/mol. The maximum absolute atomic E-state index is 12.0. The van der Waals surface area contributed by atoms with Gasteiger partial charge in [0.1, 0.15) is 5.75 Å². The molecule has 21 heavy (non-hydrogen) atoms. The number of hydrogen-bond acceptors (Lipinski definition) is 5. The zero-order chi connectivity index (χ0) is 14.9. The van der Waals surface area contributed by atoms with E-state index < -0.39 is 5.60 Å². The Balaban J connectivity index is 1.54. The fourth-order valence-electron chi connectivity index (χ4n) is 2.21. The zero-order valence-corrected chi connectivity index (χ0v) is 12.4. The molecule has 2 saturated heterocycles. The normalized spacial score (nSPS) is 21.8. The Hall–Kier alpha value is -1.59. The highest BCUT2D eigenvalue weighted by Gasteiger charge is 2.37. The molecule has 1 aromatic rings. The van der Waals surface area contributed by atoms with Crippen LogP contribution in [0.3, 0.4) is 0 Å². The molecule has 0 radical (unpaired) electrons. The molecule has 0 saturated carbocycles. The van der Waals surface area contributed by atoms with Crippen molar-refractivity contribution in [2.75, 3.05) is 33.0 Å². The Morgan fingerprint density at radius 1 is 1.10 bits per heavy atom. The quantitative estimate of drug-likeness (QED) is 0.777. The van der Waals surface area contributed by atoms with Crippen LogP contribution in [0.2, 0.25) is 0 Å². The number of ether oxygens (including phenoxy) is 4. The van der Waals surface area contributed by atoms with Gasteiger partial charge in [0, 0.05) is 5.41 Å². The van der Waals surface area contributed by atoms with Crippen LogP contribution in [0, 0.1) is 5.41 Å². The van der Waals surface area contributed by atoms with Crippen LogP contribution >= 0.6 is 0 Å². The lowest BCUT2D eigenvalue weighted by Crippen LogP contribution is -2.50. The van der Waals surface area contributed by atoms with Gasteiger partial charge in [-0.3, -0.25) is 0 Å². The Labute approximate surface area is 124 Å². The molecule has 0 spiro atoms. The average molecular weight is 292 g/mol. The second-order valence-corrected chi connectivity index (χ2v) is 6.45. The highest BCUT2D eigenvalue weighted by Crippen LogP contribution is 2.28. The summed E-state index contributed by atoms with van der Waals surface area (Å²) in [5, 5.41) is 0. The number of rotatable bonds is 5. The summed E-state index contributed by atoms with van der Waals surface area (Å²) in [5.41, 5.74) is 0.148. The minimum atomic E-state index is -0.481. The van der Waals surface area contributed by atoms with Crippen molar-refractivity contribution >= 4 is 5.97 Å². The van der Waals surface area contributed by atoms with Gasteiger partial charge in [-0.2, -0.15) is 0 Å². The lowest BCUT2D eigenvalue weighted by Gasteiger charge is -2.37. The van der Waals surface area contributed by atoms with E-state index in [4.69, 9.17) is 18.9 Å². The van der Waals surface area contributed by atoms with Crippen molar-refractivity contribution in [3.05, 3.63) is 29.8 Å². The minimum Gasteiger partial charge on any atom is -0.493 e. The van der Waals surface area contributed by atoms with Crippen LogP contribution in [0.25, 0.3) is 0 Å². The van der Waals surface area contributed by atoms with Crippen LogP contribution in [0.1, 0.15) is 24.2 Å². The summed E-state index contributed by atoms with van der Waals surface area (Å²) in [7, 11) is 0. The zero-order valence-electron chi connectivity index (χ0n) is 12.4. The molecule has 2 aliphatic heterocycles. The van der Waals surface area contributed by atoms with E-state index in [1.54, 1.807) is 24.3 Å². The molecule has 2 fully saturated rings. The average Bonchev–Trinajstić information content (AvgIpc) is 2.42. The van der Waals surface area contributed by atoms with E-state index >= 15 is 0 Å². The van der Waals surface area contributed by atoms with Crippen molar-refractivity contribution in [2.24, 2.45) is 5.41 Å². The standard InChI is InChI=1S/C16H20O5/c1-15(7-18-8-15)9-20-13-5-3-12(4-6-13)14(17)21-16(2)10-19-11-16/h3-6H,7-11H2,1-2H3. The Kier molecular flexibility index (Phi) is 3.63. The lowest BCUT2D eigenvalue weighted by molar-refractivity contribution is -0.169. The molecule has 0 atom stereocenters. The molecule has 2 aliphatic rings. The summed E-state index contributed by atoms with van der Waals surface area (Å²) < 4.78 is 21.4. The number of carbonyl (C=O) groups excluding carboxylic acids is 1. The molecule has 0 N–H and O–H groups in total. The SMILES string of the molecule is CC1(COc2ccc(C(=O)OC3(C)COC3)cc2)COC1. The second kappa shape index (κ2) is 5.31. The first-order valence-corrected chi connectivity index (χ1v) is 7.10. The number of carbonyl (C=O) groups is 1. The number of hydrogen-bond donors (Lipinski definition) is 0. The van der Waals surface area contributed by atoms with E-state index in [1.165, 1.54) is 0 Å². The topological polar surface area (TPSA) is 54.0 Å². The summed E-state index contributed by atoms with van der Waals surface area (Å²) >= 11 is 0. The summed E-state index contributed by atoms with van der Waals surface area (Å²) in [5.74, 6) is 0.421. The van der Waals surface area contributed by atoms with Gasteiger partial charge in [0.25, 0.3) is 0 Å². The molecule has 5 heteroatoms. The fraction of sp³-hybridized carbons (Fsp3) is 0.562. The van der Waals surface area contributed by atoms with Crippen molar-refractivity contribution in [1.29, 1.82) is 0 Å². The Morgan fingerprint density at radius 2 is 1.71 bits per heavy atom. The van der Waals surface area contributed by atoms with E-state index in [0.29, 0.717) is 25.4 Å². The largest absolute Gasteiger partial charge is 0.493 e. The van der Waals surface area contributed by atoms with Crippen LogP contribution in [-0.4, -0.2) is 44.6 Å². The third-order valence-electron chi connectivity index (χ3n) is 3.73. The van der Waals surface area contributed by atoms with Crippen LogP contribution in [0.4, 0.5) is 0 Å². The van der Waals surface area contributed by atoms with E-state index in [-0.39, 0.29) is 11.4 Å². The summed E-state index contributed by atoms with van der Waals surface area (Å²) in [6.45, 7) is 7.00. The molecule has 0 amide bonds. The Bertz CT molecular complexity index is 514. The van der Waals surface area contributed by atoms with Crippen LogP contribution in [0.15, 0.2) is 24.3 Å². The smallest absolute Gasteiger partial charge is 0.338 e. The van der Waals surface area contributed by atoms with Gasteiger partial charge >= 0.3 is 5.97 Å². The van der Waals surface area contributed by atoms with Crippen molar-refractivity contribution in [3.8, 4) is 5.75 Å². The maximum atomic E-state index is 12.0. The van der Waals surface area contributed by atoms with Gasteiger partial charge in [-0.25, -0.2) is 4.79 Å². The lowest BCUT2D eigenvalue weighted by atomic mass is 9.90. The van der Waals surface area contributed by atoms with Gasteiger partial charge in [0.15, 0.2) is 5.60 Å². The number of benzene rings is 1. The molecule has 3 rings (SSSR count). The summed E-state index contributed by atoms with van der Waals surface area (Å²) in [4.78, 5) is 12.0. The predicted molar refractivity (Wildman–Crippen MR) is 75.5 cm³/mol. The van der Waals surface area contributed by atoms with E-state index in [0.717, 1.165) is 19.0 Å². The van der Waals surface area contributed by atoms with Crippen molar-refractivity contribution < 1.29 is 23.7 Å². The molecule has 0 unspecified atom stereocenters. The molecule has 0 aromatic heterocycles. The van der Waals surface area contributed by atoms with Gasteiger partial charge in [-0.1, -0.05) is 6.92 Å². The number of esters is 1. The molecule has 114 valence electrons. The highest BCUT2D eigenvalue weighted by atomic mass is 16.6. The Morgan fingerprint density at radius 3 is 2.19 bits per heavy atom. The molecule has 2 heterocycles. The van der Waals surface area contributed by atoms with E-state index in [9.17, 15) is 4.79 Å². The maximum Gasteiger partial charge on any atom is 0.338 e. The van der Waals surface area contributed by atoms with Crippen LogP contribution < -0.4 is 4.74 Å². The first kappa shape index (κ1) is 14.4. The molecule has 5 nitrogen and oxygen atoms in total. The first-order valence-electron chi connectivity index (χ1n) is 7.10. The third-order valence-corrected chi connectivity index (χ3v) is 3.73.